The van der Waals surface area contributed by atoms with E-state index in [1.165, 1.54) is 17.4 Å². The number of nitrogens with zero attached hydrogens (tertiary/aromatic N) is 3. The predicted octanol–water partition coefficient (Wildman–Crippen LogP) is 5.94. The molecule has 1 aliphatic rings. The Morgan fingerprint density at radius 1 is 1.14 bits per heavy atom. The van der Waals surface area contributed by atoms with E-state index in [0.717, 1.165) is 23.9 Å². The van der Waals surface area contributed by atoms with Gasteiger partial charge >= 0.3 is 12.1 Å². The van der Waals surface area contributed by atoms with Crippen LogP contribution in [0.1, 0.15) is 50.5 Å². The third-order valence-electron chi connectivity index (χ3n) is 6.24. The van der Waals surface area contributed by atoms with Crippen molar-refractivity contribution in [3.8, 4) is 10.6 Å². The topological polar surface area (TPSA) is 108 Å². The number of carbonyl (C=O) groups is 1. The summed E-state index contributed by atoms with van der Waals surface area (Å²) in [5.74, 6) is -0.726. The van der Waals surface area contributed by atoms with Gasteiger partial charge in [0.25, 0.3) is 0 Å². The van der Waals surface area contributed by atoms with E-state index in [2.05, 4.69) is 20.3 Å². The fourth-order valence-electron chi connectivity index (χ4n) is 4.57. The zero-order chi connectivity index (χ0) is 26.4. The van der Waals surface area contributed by atoms with Crippen molar-refractivity contribution in [2.75, 3.05) is 5.32 Å². The Morgan fingerprint density at radius 2 is 1.95 bits per heavy atom. The van der Waals surface area contributed by atoms with Crippen LogP contribution in [0.25, 0.3) is 10.6 Å². The van der Waals surface area contributed by atoms with Crippen molar-refractivity contribution < 1.29 is 28.2 Å². The first-order valence-corrected chi connectivity index (χ1v) is 12.2. The number of hydrogen-bond donors (Lipinski definition) is 3. The maximum Gasteiger partial charge on any atom is 0.416 e. The van der Waals surface area contributed by atoms with Gasteiger partial charge in [0, 0.05) is 12.4 Å². The number of alkyl halides is 3. The van der Waals surface area contributed by atoms with Gasteiger partial charge in [-0.2, -0.15) is 13.2 Å². The molecule has 0 unspecified atom stereocenters. The first-order valence-electron chi connectivity index (χ1n) is 11.4. The molecule has 0 radical (unpaired) electrons. The molecule has 1 aromatic carbocycles. The second-order valence-corrected chi connectivity index (χ2v) is 9.88. The summed E-state index contributed by atoms with van der Waals surface area (Å²) in [6.07, 6.45) is -0.283. The van der Waals surface area contributed by atoms with Crippen molar-refractivity contribution >= 4 is 28.9 Å². The molecule has 0 aliphatic heterocycles. The molecule has 3 heterocycles. The minimum absolute atomic E-state index is 0.00577. The number of nitrogens with one attached hydrogen (secondary N) is 1. The van der Waals surface area contributed by atoms with E-state index in [-0.39, 0.29) is 11.4 Å². The number of fused-ring (bicyclic) bond motifs is 1. The van der Waals surface area contributed by atoms with Gasteiger partial charge in [0.1, 0.15) is 22.2 Å². The van der Waals surface area contributed by atoms with Gasteiger partial charge in [-0.1, -0.05) is 12.1 Å². The van der Waals surface area contributed by atoms with E-state index in [9.17, 15) is 28.2 Å². The van der Waals surface area contributed by atoms with E-state index < -0.39 is 23.3 Å². The van der Waals surface area contributed by atoms with E-state index >= 15 is 0 Å². The molecule has 5 rings (SSSR count). The minimum Gasteiger partial charge on any atom is -0.478 e. The number of carboxylic acid groups (broad SMARTS) is 1. The molecule has 3 aromatic heterocycles. The molecule has 0 saturated carbocycles. The number of thiazole rings is 1. The Kier molecular flexibility index (Phi) is 6.20. The zero-order valence-electron chi connectivity index (χ0n) is 19.5. The SMILES string of the molecule is Cc1cc(Nc2cc(C(F)(F)F)ccn2)nc(-c2cnc([C@@]3(O)CCCc4c(C(=O)O)cccc43)s2)c1. The number of benzene rings is 1. The molecular formula is C26H21F3N4O3S. The smallest absolute Gasteiger partial charge is 0.416 e. The fourth-order valence-corrected chi connectivity index (χ4v) is 5.58. The number of pyridine rings is 2. The fraction of sp³-hybridized carbons (Fsp3) is 0.231. The normalized spacial score (nSPS) is 17.3. The van der Waals surface area contributed by atoms with Gasteiger partial charge < -0.3 is 15.5 Å². The van der Waals surface area contributed by atoms with Gasteiger partial charge in [0.15, 0.2) is 0 Å². The molecule has 37 heavy (non-hydrogen) atoms. The standard InChI is InChI=1S/C26H21F3N4O3S/c1-14-10-19(32-22(11-14)33-21-12-15(7-9-30-21)26(27,28)29)20-13-31-24(37-20)25(36)8-3-5-16-17(23(34)35)4-2-6-18(16)25/h2,4,6-7,9-13,36H,3,5,8H2,1H3,(H,34,35)(H,30,32,33)/t25-/m1/s1. The molecule has 0 spiro atoms. The zero-order valence-corrected chi connectivity index (χ0v) is 20.3. The van der Waals surface area contributed by atoms with Crippen molar-refractivity contribution in [3.05, 3.63) is 87.7 Å². The first kappa shape index (κ1) is 24.8. The summed E-state index contributed by atoms with van der Waals surface area (Å²) >= 11 is 1.24. The molecule has 11 heteroatoms. The summed E-state index contributed by atoms with van der Waals surface area (Å²) in [5.41, 5.74) is 0.390. The van der Waals surface area contributed by atoms with Gasteiger partial charge in [-0.15, -0.1) is 11.3 Å². The lowest BCUT2D eigenvalue weighted by Gasteiger charge is -2.33. The highest BCUT2D eigenvalue weighted by Gasteiger charge is 2.40. The Bertz CT molecular complexity index is 1500. The molecule has 7 nitrogen and oxygen atoms in total. The predicted molar refractivity (Wildman–Crippen MR) is 132 cm³/mol. The second-order valence-electron chi connectivity index (χ2n) is 8.85. The van der Waals surface area contributed by atoms with Crippen LogP contribution in [0.2, 0.25) is 0 Å². The number of anilines is 2. The second kappa shape index (κ2) is 9.24. The Hall–Kier alpha value is -3.83. The summed E-state index contributed by atoms with van der Waals surface area (Å²) in [6, 6.07) is 10.2. The lowest BCUT2D eigenvalue weighted by molar-refractivity contribution is -0.137. The van der Waals surface area contributed by atoms with Crippen molar-refractivity contribution in [2.24, 2.45) is 0 Å². The van der Waals surface area contributed by atoms with Gasteiger partial charge in [0.05, 0.1) is 21.7 Å². The van der Waals surface area contributed by atoms with Gasteiger partial charge in [0.2, 0.25) is 0 Å². The summed E-state index contributed by atoms with van der Waals surface area (Å²) < 4.78 is 39.2. The number of aliphatic hydroxyl groups is 1. The van der Waals surface area contributed by atoms with E-state index in [1.807, 2.05) is 13.0 Å². The molecule has 0 fully saturated rings. The van der Waals surface area contributed by atoms with E-state index in [1.54, 1.807) is 24.4 Å². The van der Waals surface area contributed by atoms with Gasteiger partial charge in [-0.3, -0.25) is 0 Å². The minimum atomic E-state index is -4.49. The monoisotopic (exact) mass is 526 g/mol. The average molecular weight is 527 g/mol. The molecule has 190 valence electrons. The van der Waals surface area contributed by atoms with Crippen molar-refractivity contribution in [2.45, 2.75) is 38.0 Å². The molecule has 3 N–H and O–H groups in total. The van der Waals surface area contributed by atoms with Crippen LogP contribution in [0, 0.1) is 6.92 Å². The highest BCUT2D eigenvalue weighted by molar-refractivity contribution is 7.15. The quantitative estimate of drug-likeness (QED) is 0.295. The van der Waals surface area contributed by atoms with Crippen LogP contribution in [0.15, 0.2) is 54.9 Å². The molecule has 0 amide bonds. The Morgan fingerprint density at radius 3 is 2.70 bits per heavy atom. The summed E-state index contributed by atoms with van der Waals surface area (Å²) in [5, 5.41) is 24.5. The number of aryl methyl sites for hydroxylation is 1. The van der Waals surface area contributed by atoms with Crippen LogP contribution in [0.4, 0.5) is 24.8 Å². The molecular weight excluding hydrogens is 505 g/mol. The Labute approximate surface area is 213 Å². The number of halogens is 3. The molecule has 4 aromatic rings. The van der Waals surface area contributed by atoms with Crippen molar-refractivity contribution in [1.29, 1.82) is 0 Å². The largest absolute Gasteiger partial charge is 0.478 e. The maximum absolute atomic E-state index is 13.1. The lowest BCUT2D eigenvalue weighted by Crippen LogP contribution is -2.32. The summed E-state index contributed by atoms with van der Waals surface area (Å²) in [6.45, 7) is 1.83. The van der Waals surface area contributed by atoms with Crippen LogP contribution in [-0.4, -0.2) is 31.1 Å². The Balaban J connectivity index is 1.48. The first-order chi connectivity index (χ1) is 17.5. The van der Waals surface area contributed by atoms with Gasteiger partial charge in [-0.25, -0.2) is 19.7 Å². The molecule has 0 saturated heterocycles. The number of aromatic carboxylic acids is 1. The van der Waals surface area contributed by atoms with Crippen molar-refractivity contribution in [3.63, 3.8) is 0 Å². The molecule has 1 aliphatic carbocycles. The van der Waals surface area contributed by atoms with Crippen LogP contribution >= 0.6 is 11.3 Å². The third-order valence-corrected chi connectivity index (χ3v) is 7.41. The third kappa shape index (κ3) is 4.79. The number of rotatable bonds is 5. The van der Waals surface area contributed by atoms with Crippen molar-refractivity contribution in [1.82, 2.24) is 15.0 Å². The van der Waals surface area contributed by atoms with Crippen LogP contribution in [-0.2, 0) is 18.2 Å². The van der Waals surface area contributed by atoms with E-state index in [4.69, 9.17) is 0 Å². The molecule has 0 bridgehead atoms. The molecule has 1 atom stereocenters. The number of hydrogen-bond acceptors (Lipinski definition) is 7. The van der Waals surface area contributed by atoms with Crippen LogP contribution < -0.4 is 5.32 Å². The summed E-state index contributed by atoms with van der Waals surface area (Å²) in [7, 11) is 0. The number of aromatic nitrogens is 3. The van der Waals surface area contributed by atoms with E-state index in [0.29, 0.717) is 51.8 Å². The summed E-state index contributed by atoms with van der Waals surface area (Å²) in [4.78, 5) is 25.3. The van der Waals surface area contributed by atoms with Gasteiger partial charge in [-0.05, 0) is 73.2 Å². The average Bonchev–Trinajstić information content (AvgIpc) is 3.35. The number of carboxylic acids is 1. The highest BCUT2D eigenvalue weighted by Crippen LogP contribution is 2.44. The highest BCUT2D eigenvalue weighted by atomic mass is 32.1. The lowest BCUT2D eigenvalue weighted by atomic mass is 9.77. The van der Waals surface area contributed by atoms with Crippen LogP contribution in [0.3, 0.4) is 0 Å². The maximum atomic E-state index is 13.1. The van der Waals surface area contributed by atoms with Crippen LogP contribution in [0.5, 0.6) is 0 Å².